The van der Waals surface area contributed by atoms with E-state index in [2.05, 4.69) is 26.6 Å². The van der Waals surface area contributed by atoms with Gasteiger partial charge in [-0.3, -0.25) is 9.59 Å². The van der Waals surface area contributed by atoms with Crippen LogP contribution in [0, 0.1) is 11.6 Å². The Morgan fingerprint density at radius 1 is 1.08 bits per heavy atom. The maximum atomic E-state index is 13.5. The van der Waals surface area contributed by atoms with Gasteiger partial charge in [-0.15, -0.1) is 0 Å². The number of fused-ring (bicyclic) bond motifs is 1. The predicted molar refractivity (Wildman–Crippen MR) is 94.5 cm³/mol. The Hall–Kier alpha value is -2.74. The molecule has 0 aliphatic carbocycles. The van der Waals surface area contributed by atoms with Crippen molar-refractivity contribution in [1.29, 1.82) is 0 Å². The Morgan fingerprint density at radius 3 is 2.54 bits per heavy atom. The zero-order chi connectivity index (χ0) is 18.8. The summed E-state index contributed by atoms with van der Waals surface area (Å²) >= 11 is 3.33. The number of amides is 2. The summed E-state index contributed by atoms with van der Waals surface area (Å²) in [5.74, 6) is -3.40. The van der Waals surface area contributed by atoms with E-state index in [0.29, 0.717) is 11.0 Å². The molecule has 0 saturated heterocycles. The first-order valence-corrected chi connectivity index (χ1v) is 8.35. The Labute approximate surface area is 155 Å². The number of halogens is 3. The number of carbonyl (C=O) groups excluding carboxylic acids is 2. The number of furan rings is 1. The van der Waals surface area contributed by atoms with Gasteiger partial charge in [0.15, 0.2) is 17.4 Å². The van der Waals surface area contributed by atoms with Gasteiger partial charge in [0.1, 0.15) is 11.6 Å². The molecule has 3 aromatic rings. The van der Waals surface area contributed by atoms with Crippen molar-refractivity contribution in [2.45, 2.75) is 6.04 Å². The molecule has 8 heteroatoms. The van der Waals surface area contributed by atoms with Crippen LogP contribution in [0.5, 0.6) is 0 Å². The Kier molecular flexibility index (Phi) is 5.03. The van der Waals surface area contributed by atoms with Crippen LogP contribution in [0.3, 0.4) is 0 Å². The van der Waals surface area contributed by atoms with Crippen molar-refractivity contribution >= 4 is 38.7 Å². The molecule has 26 heavy (non-hydrogen) atoms. The summed E-state index contributed by atoms with van der Waals surface area (Å²) in [6.45, 7) is 0. The maximum Gasteiger partial charge on any atom is 0.287 e. The Balaban J connectivity index is 1.91. The van der Waals surface area contributed by atoms with Crippen LogP contribution < -0.4 is 10.6 Å². The fraction of sp³-hybridized carbons (Fsp3) is 0.111. The molecular weight excluding hydrogens is 410 g/mol. The smallest absolute Gasteiger partial charge is 0.287 e. The van der Waals surface area contributed by atoms with Crippen LogP contribution in [0.25, 0.3) is 11.0 Å². The Bertz CT molecular complexity index is 1000. The minimum Gasteiger partial charge on any atom is -0.451 e. The van der Waals surface area contributed by atoms with E-state index in [1.165, 1.54) is 19.2 Å². The third-order valence-electron chi connectivity index (χ3n) is 3.76. The largest absolute Gasteiger partial charge is 0.451 e. The van der Waals surface area contributed by atoms with E-state index in [1.54, 1.807) is 18.2 Å². The number of hydrogen-bond donors (Lipinski definition) is 2. The van der Waals surface area contributed by atoms with Crippen molar-refractivity contribution in [3.05, 3.63) is 69.9 Å². The van der Waals surface area contributed by atoms with Crippen LogP contribution in [0.1, 0.15) is 22.2 Å². The quantitative estimate of drug-likeness (QED) is 0.673. The fourth-order valence-electron chi connectivity index (χ4n) is 2.46. The molecule has 0 bridgehead atoms. The second-order valence-electron chi connectivity index (χ2n) is 5.49. The number of rotatable bonds is 4. The third kappa shape index (κ3) is 3.60. The van der Waals surface area contributed by atoms with Crippen LogP contribution in [0.15, 0.2) is 51.4 Å². The molecule has 1 heterocycles. The lowest BCUT2D eigenvalue weighted by Crippen LogP contribution is -2.39. The summed E-state index contributed by atoms with van der Waals surface area (Å²) in [6.07, 6.45) is 0. The number of nitrogens with one attached hydrogen (secondary N) is 2. The number of likely N-dealkylation sites (N-methyl/N-ethyl adjacent to an activating group) is 1. The molecule has 0 aliphatic heterocycles. The van der Waals surface area contributed by atoms with Crippen molar-refractivity contribution in [3.8, 4) is 0 Å². The van der Waals surface area contributed by atoms with E-state index in [0.717, 1.165) is 16.6 Å². The lowest BCUT2D eigenvalue weighted by atomic mass is 10.1. The topological polar surface area (TPSA) is 71.3 Å². The average molecular weight is 423 g/mol. The van der Waals surface area contributed by atoms with E-state index in [1.807, 2.05) is 0 Å². The first-order chi connectivity index (χ1) is 12.4. The maximum absolute atomic E-state index is 13.5. The highest BCUT2D eigenvalue weighted by Gasteiger charge is 2.25. The van der Waals surface area contributed by atoms with Gasteiger partial charge in [-0.25, -0.2) is 8.78 Å². The van der Waals surface area contributed by atoms with E-state index < -0.39 is 29.5 Å². The summed E-state index contributed by atoms with van der Waals surface area (Å²) in [4.78, 5) is 24.6. The summed E-state index contributed by atoms with van der Waals surface area (Å²) in [5, 5.41) is 5.56. The second kappa shape index (κ2) is 7.25. The van der Waals surface area contributed by atoms with Crippen molar-refractivity contribution < 1.29 is 22.8 Å². The lowest BCUT2D eigenvalue weighted by Gasteiger charge is -2.17. The van der Waals surface area contributed by atoms with Gasteiger partial charge >= 0.3 is 0 Å². The minimum atomic E-state index is -1.21. The van der Waals surface area contributed by atoms with Gasteiger partial charge in [-0.05, 0) is 42.0 Å². The summed E-state index contributed by atoms with van der Waals surface area (Å²) in [6, 6.07) is 8.56. The molecule has 5 nitrogen and oxygen atoms in total. The van der Waals surface area contributed by atoms with Crippen molar-refractivity contribution in [1.82, 2.24) is 10.6 Å². The molecule has 2 amide bonds. The molecule has 0 spiro atoms. The first-order valence-electron chi connectivity index (χ1n) is 7.55. The number of benzene rings is 2. The average Bonchev–Trinajstić information content (AvgIpc) is 3.04. The highest BCUT2D eigenvalue weighted by Crippen LogP contribution is 2.24. The number of carbonyl (C=O) groups is 2. The van der Waals surface area contributed by atoms with Gasteiger partial charge in [-0.2, -0.15) is 0 Å². The highest BCUT2D eigenvalue weighted by molar-refractivity contribution is 9.10. The summed E-state index contributed by atoms with van der Waals surface area (Å²) in [5.41, 5.74) is 0.609. The van der Waals surface area contributed by atoms with Gasteiger partial charge in [0, 0.05) is 16.9 Å². The zero-order valence-electron chi connectivity index (χ0n) is 13.5. The molecule has 134 valence electrons. The molecule has 1 unspecified atom stereocenters. The third-order valence-corrected chi connectivity index (χ3v) is 4.26. The molecule has 3 rings (SSSR count). The molecule has 0 saturated carbocycles. The highest BCUT2D eigenvalue weighted by atomic mass is 79.9. The van der Waals surface area contributed by atoms with Gasteiger partial charge in [0.2, 0.25) is 5.91 Å². The summed E-state index contributed by atoms with van der Waals surface area (Å²) in [7, 11) is 1.38. The molecule has 0 radical (unpaired) electrons. The molecule has 2 N–H and O–H groups in total. The van der Waals surface area contributed by atoms with Gasteiger partial charge in [-0.1, -0.05) is 22.0 Å². The van der Waals surface area contributed by atoms with Gasteiger partial charge < -0.3 is 15.1 Å². The van der Waals surface area contributed by atoms with Crippen LogP contribution in [0.2, 0.25) is 0 Å². The van der Waals surface area contributed by atoms with Crippen LogP contribution in [-0.2, 0) is 4.79 Å². The lowest BCUT2D eigenvalue weighted by molar-refractivity contribution is -0.122. The summed E-state index contributed by atoms with van der Waals surface area (Å²) < 4.78 is 32.9. The van der Waals surface area contributed by atoms with Gasteiger partial charge in [0.25, 0.3) is 5.91 Å². The first kappa shape index (κ1) is 18.1. The van der Waals surface area contributed by atoms with Crippen LogP contribution >= 0.6 is 15.9 Å². The predicted octanol–water partition coefficient (Wildman–Crippen LogP) is 3.69. The van der Waals surface area contributed by atoms with E-state index in [4.69, 9.17) is 4.42 Å². The normalized spacial score (nSPS) is 12.0. The fourth-order valence-corrected chi connectivity index (χ4v) is 2.84. The van der Waals surface area contributed by atoms with Crippen molar-refractivity contribution in [2.75, 3.05) is 7.05 Å². The van der Waals surface area contributed by atoms with E-state index in [-0.39, 0.29) is 11.3 Å². The monoisotopic (exact) mass is 422 g/mol. The molecule has 2 aromatic carbocycles. The molecule has 0 aliphatic rings. The SMILES string of the molecule is CNC(=O)C(NC(=O)c1cc2cc(Br)ccc2o1)c1ccc(F)c(F)c1. The minimum absolute atomic E-state index is 0.00501. The molecular formula is C18H13BrF2N2O3. The standard InChI is InChI=1S/C18H13BrF2N2O3/c1-22-18(25)16(9-2-4-12(20)13(21)7-9)23-17(24)15-8-10-6-11(19)3-5-14(10)26-15/h2-8,16H,1H3,(H,22,25)(H,23,24). The van der Waals surface area contributed by atoms with Crippen LogP contribution in [-0.4, -0.2) is 18.9 Å². The molecule has 1 aromatic heterocycles. The molecule has 1 atom stereocenters. The second-order valence-corrected chi connectivity index (χ2v) is 6.40. The van der Waals surface area contributed by atoms with Gasteiger partial charge in [0.05, 0.1) is 0 Å². The van der Waals surface area contributed by atoms with E-state index in [9.17, 15) is 18.4 Å². The number of hydrogen-bond acceptors (Lipinski definition) is 3. The van der Waals surface area contributed by atoms with Crippen LogP contribution in [0.4, 0.5) is 8.78 Å². The van der Waals surface area contributed by atoms with Crippen molar-refractivity contribution in [2.24, 2.45) is 0 Å². The van der Waals surface area contributed by atoms with Crippen molar-refractivity contribution in [3.63, 3.8) is 0 Å². The molecule has 0 fully saturated rings. The Morgan fingerprint density at radius 2 is 1.85 bits per heavy atom. The van der Waals surface area contributed by atoms with E-state index >= 15 is 0 Å². The zero-order valence-corrected chi connectivity index (χ0v) is 15.1.